The highest BCUT2D eigenvalue weighted by Gasteiger charge is 2.52. The maximum atomic E-state index is 10.1. The molecule has 2 N–H and O–H groups in total. The zero-order valence-corrected chi connectivity index (χ0v) is 17.2. The summed E-state index contributed by atoms with van der Waals surface area (Å²) in [5, 5.41) is 21.2. The van der Waals surface area contributed by atoms with Crippen LogP contribution in [-0.4, -0.2) is 24.0 Å². The molecule has 2 aromatic rings. The minimum Gasteiger partial charge on any atom is -0.461 e. The molecule has 1 saturated carbocycles. The van der Waals surface area contributed by atoms with Crippen LogP contribution < -0.4 is 14.9 Å². The van der Waals surface area contributed by atoms with Gasteiger partial charge in [-0.05, 0) is 48.5 Å². The lowest BCUT2D eigenvalue weighted by atomic mass is 9.53. The number of hydrogen-bond donors (Lipinski definition) is 2. The second-order valence-corrected chi connectivity index (χ2v) is 9.91. The van der Waals surface area contributed by atoms with Gasteiger partial charge in [0, 0.05) is 16.9 Å². The fourth-order valence-electron chi connectivity index (χ4n) is 6.49. The summed E-state index contributed by atoms with van der Waals surface area (Å²) in [6.45, 7) is 9.52. The molecule has 3 aliphatic rings. The van der Waals surface area contributed by atoms with Crippen molar-refractivity contribution in [1.29, 1.82) is 0 Å². The maximum absolute atomic E-state index is 10.1. The Bertz CT molecular complexity index is 946. The number of rotatable bonds is 1. The van der Waals surface area contributed by atoms with Gasteiger partial charge in [-0.25, -0.2) is 0 Å². The molecule has 0 bridgehead atoms. The van der Waals surface area contributed by atoms with E-state index in [0.29, 0.717) is 34.4 Å². The van der Waals surface area contributed by atoms with E-state index in [9.17, 15) is 10.0 Å². The lowest BCUT2D eigenvalue weighted by molar-refractivity contribution is 0.0504. The van der Waals surface area contributed by atoms with Crippen molar-refractivity contribution in [2.24, 2.45) is 11.3 Å². The first-order valence-corrected chi connectivity index (χ1v) is 10.5. The minimum atomic E-state index is -1.67. The van der Waals surface area contributed by atoms with Gasteiger partial charge >= 0.3 is 7.12 Å². The van der Waals surface area contributed by atoms with Gasteiger partial charge in [0.05, 0.1) is 5.46 Å². The third-order valence-electron chi connectivity index (χ3n) is 7.77. The Morgan fingerprint density at radius 2 is 1.89 bits per heavy atom. The molecule has 150 valence electrons. The molecule has 3 atom stereocenters. The predicted octanol–water partition coefficient (Wildman–Crippen LogP) is 3.82. The Morgan fingerprint density at radius 1 is 1.11 bits per heavy atom. The van der Waals surface area contributed by atoms with Crippen molar-refractivity contribution in [3.63, 3.8) is 0 Å². The second kappa shape index (κ2) is 5.93. The fourth-order valence-corrected chi connectivity index (χ4v) is 6.49. The Hall–Kier alpha value is -1.66. The molecule has 1 aromatic heterocycles. The summed E-state index contributed by atoms with van der Waals surface area (Å²) in [7, 11) is -1.67. The van der Waals surface area contributed by atoms with Crippen LogP contribution in [0.3, 0.4) is 0 Å². The summed E-state index contributed by atoms with van der Waals surface area (Å²) in [5.74, 6) is 2.83. The van der Waals surface area contributed by atoms with E-state index < -0.39 is 7.12 Å². The smallest absolute Gasteiger partial charge is 0.461 e. The first-order valence-electron chi connectivity index (χ1n) is 10.5. The summed E-state index contributed by atoms with van der Waals surface area (Å²) in [6, 6.07) is 1.99. The lowest BCUT2D eigenvalue weighted by Gasteiger charge is -2.50. The van der Waals surface area contributed by atoms with Crippen molar-refractivity contribution < 1.29 is 23.9 Å². The second-order valence-electron chi connectivity index (χ2n) is 9.91. The van der Waals surface area contributed by atoms with Gasteiger partial charge in [-0.3, -0.25) is 0 Å². The molecule has 28 heavy (non-hydrogen) atoms. The molecule has 0 amide bonds. The molecule has 3 unspecified atom stereocenters. The van der Waals surface area contributed by atoms with Gasteiger partial charge in [0.2, 0.25) is 6.79 Å². The highest BCUT2D eigenvalue weighted by Crippen LogP contribution is 2.59. The largest absolute Gasteiger partial charge is 0.496 e. The minimum absolute atomic E-state index is 0.00152. The Balaban J connectivity index is 1.85. The number of fused-ring (bicyclic) bond motifs is 6. The third-order valence-corrected chi connectivity index (χ3v) is 7.77. The van der Waals surface area contributed by atoms with Crippen molar-refractivity contribution in [2.75, 3.05) is 6.79 Å². The summed E-state index contributed by atoms with van der Waals surface area (Å²) >= 11 is 0. The van der Waals surface area contributed by atoms with Crippen LogP contribution in [0.1, 0.15) is 77.0 Å². The van der Waals surface area contributed by atoms with Gasteiger partial charge < -0.3 is 23.9 Å². The standard InChI is InChI=1S/C22H29BO5/c1-12-6-7-15-21(2,3)8-5-9-22(15,4)16-13-10-14-20(27-11-26-14)17(23(24)25)19(13)28-18(12)16/h10,12,15,24-25H,5-9,11H2,1-4H3. The van der Waals surface area contributed by atoms with Crippen LogP contribution in [0.15, 0.2) is 10.5 Å². The van der Waals surface area contributed by atoms with Crippen LogP contribution in [0.2, 0.25) is 0 Å². The van der Waals surface area contributed by atoms with Crippen LogP contribution in [0, 0.1) is 11.3 Å². The first-order chi connectivity index (χ1) is 13.2. The van der Waals surface area contributed by atoms with Crippen molar-refractivity contribution in [2.45, 2.75) is 71.1 Å². The van der Waals surface area contributed by atoms with Crippen LogP contribution in [0.25, 0.3) is 11.0 Å². The van der Waals surface area contributed by atoms with Gasteiger partial charge in [0.25, 0.3) is 0 Å². The van der Waals surface area contributed by atoms with Gasteiger partial charge in [0.15, 0.2) is 11.5 Å². The van der Waals surface area contributed by atoms with E-state index in [1.807, 2.05) is 6.07 Å². The molecule has 1 aliphatic heterocycles. The number of furan rings is 1. The van der Waals surface area contributed by atoms with E-state index in [2.05, 4.69) is 27.7 Å². The zero-order valence-electron chi connectivity index (χ0n) is 17.2. The Morgan fingerprint density at radius 3 is 2.64 bits per heavy atom. The molecule has 0 spiro atoms. The van der Waals surface area contributed by atoms with Gasteiger partial charge in [0.1, 0.15) is 11.3 Å². The Labute approximate surface area is 166 Å². The molecule has 1 fully saturated rings. The highest BCUT2D eigenvalue weighted by atomic mass is 16.7. The van der Waals surface area contributed by atoms with E-state index >= 15 is 0 Å². The predicted molar refractivity (Wildman–Crippen MR) is 108 cm³/mol. The van der Waals surface area contributed by atoms with Crippen molar-refractivity contribution in [3.8, 4) is 11.5 Å². The van der Waals surface area contributed by atoms with E-state index in [4.69, 9.17) is 13.9 Å². The molecule has 0 radical (unpaired) electrons. The molecule has 2 heterocycles. The van der Waals surface area contributed by atoms with E-state index in [1.54, 1.807) is 0 Å². The molecule has 6 heteroatoms. The van der Waals surface area contributed by atoms with Gasteiger partial charge in [-0.15, -0.1) is 0 Å². The number of hydrogen-bond acceptors (Lipinski definition) is 5. The van der Waals surface area contributed by atoms with E-state index in [1.165, 1.54) is 24.8 Å². The normalized spacial score (nSPS) is 30.6. The van der Waals surface area contributed by atoms with Gasteiger partial charge in [-0.2, -0.15) is 0 Å². The lowest BCUT2D eigenvalue weighted by Crippen LogP contribution is -2.44. The quantitative estimate of drug-likeness (QED) is 0.732. The molecule has 2 aliphatic carbocycles. The summed E-state index contributed by atoms with van der Waals surface area (Å²) in [5.41, 5.74) is 2.36. The number of ether oxygens (including phenoxy) is 2. The Kier molecular flexibility index (Phi) is 3.89. The molecule has 5 rings (SSSR count). The summed E-state index contributed by atoms with van der Waals surface area (Å²) in [6.07, 6.45) is 5.85. The average molecular weight is 384 g/mol. The van der Waals surface area contributed by atoms with Crippen LogP contribution >= 0.6 is 0 Å². The van der Waals surface area contributed by atoms with Crippen LogP contribution in [-0.2, 0) is 5.41 Å². The summed E-state index contributed by atoms with van der Waals surface area (Å²) < 4.78 is 17.6. The third kappa shape index (κ3) is 2.34. The van der Waals surface area contributed by atoms with E-state index in [0.717, 1.165) is 24.0 Å². The molecule has 1 aromatic carbocycles. The maximum Gasteiger partial charge on any atom is 0.496 e. The van der Waals surface area contributed by atoms with Crippen LogP contribution in [0.4, 0.5) is 0 Å². The molecular weight excluding hydrogens is 355 g/mol. The fraction of sp³-hybridized carbons (Fsp3) is 0.636. The molecule has 5 nitrogen and oxygen atoms in total. The topological polar surface area (TPSA) is 72.1 Å². The van der Waals surface area contributed by atoms with Crippen molar-refractivity contribution in [3.05, 3.63) is 17.4 Å². The highest BCUT2D eigenvalue weighted by molar-refractivity contribution is 6.63. The van der Waals surface area contributed by atoms with E-state index in [-0.39, 0.29) is 17.6 Å². The van der Waals surface area contributed by atoms with Crippen molar-refractivity contribution >= 4 is 23.6 Å². The van der Waals surface area contributed by atoms with Gasteiger partial charge in [-0.1, -0.05) is 34.1 Å². The molecule has 0 saturated heterocycles. The van der Waals surface area contributed by atoms with Crippen LogP contribution in [0.5, 0.6) is 11.5 Å². The molecular formula is C22H29BO5. The monoisotopic (exact) mass is 384 g/mol. The first kappa shape index (κ1) is 18.4. The zero-order chi connectivity index (χ0) is 19.8. The van der Waals surface area contributed by atoms with Crippen molar-refractivity contribution in [1.82, 2.24) is 0 Å². The number of benzene rings is 1. The summed E-state index contributed by atoms with van der Waals surface area (Å²) in [4.78, 5) is 0. The average Bonchev–Trinajstić information content (AvgIpc) is 3.19. The SMILES string of the molecule is CC1CCC2C(C)(C)CCCC2(C)c2c1oc1c(B(O)O)c3c(cc21)OCO3.